The van der Waals surface area contributed by atoms with Crippen molar-refractivity contribution in [1.29, 1.82) is 0 Å². The zero-order valence-electron chi connectivity index (χ0n) is 10.0. The molecule has 0 atom stereocenters. The summed E-state index contributed by atoms with van der Waals surface area (Å²) in [7, 11) is -3.64. The second kappa shape index (κ2) is 5.26. The number of phenolic OH excluding ortho intramolecular Hbond substituents is 1. The minimum absolute atomic E-state index is 0.0919. The standard InChI is InChI=1S/C14H13NO3S/c15-19(17,18)14-9-5-12(6-10-14)2-1-11-3-7-13(16)8-4-11/h1-10,16H,(H2,15,17,18)/b2-1+. The minimum Gasteiger partial charge on any atom is -0.508 e. The average molecular weight is 275 g/mol. The number of rotatable bonds is 3. The molecule has 0 aromatic heterocycles. The van der Waals surface area contributed by atoms with Crippen LogP contribution in [0.3, 0.4) is 0 Å². The highest BCUT2D eigenvalue weighted by Gasteiger charge is 2.05. The van der Waals surface area contributed by atoms with E-state index in [-0.39, 0.29) is 10.6 Å². The molecule has 0 aliphatic heterocycles. The van der Waals surface area contributed by atoms with Crippen molar-refractivity contribution in [3.63, 3.8) is 0 Å². The third kappa shape index (κ3) is 3.67. The molecule has 3 N–H and O–H groups in total. The van der Waals surface area contributed by atoms with Gasteiger partial charge in [-0.2, -0.15) is 0 Å². The highest BCUT2D eigenvalue weighted by Crippen LogP contribution is 2.14. The monoisotopic (exact) mass is 275 g/mol. The molecule has 98 valence electrons. The topological polar surface area (TPSA) is 80.4 Å². The number of hydrogen-bond donors (Lipinski definition) is 2. The van der Waals surface area contributed by atoms with Gasteiger partial charge in [0.05, 0.1) is 4.90 Å². The highest BCUT2D eigenvalue weighted by molar-refractivity contribution is 7.89. The Balaban J connectivity index is 2.18. The summed E-state index contributed by atoms with van der Waals surface area (Å²) in [5.74, 6) is 0.217. The van der Waals surface area contributed by atoms with Crippen LogP contribution in [0.1, 0.15) is 11.1 Å². The maximum absolute atomic E-state index is 11.1. The molecule has 2 rings (SSSR count). The molecule has 0 radical (unpaired) electrons. The lowest BCUT2D eigenvalue weighted by Gasteiger charge is -1.99. The van der Waals surface area contributed by atoms with E-state index < -0.39 is 10.0 Å². The van der Waals surface area contributed by atoms with E-state index in [0.29, 0.717) is 0 Å². The van der Waals surface area contributed by atoms with Crippen molar-refractivity contribution in [3.8, 4) is 5.75 Å². The average Bonchev–Trinajstić information content (AvgIpc) is 2.37. The molecule has 4 nitrogen and oxygen atoms in total. The Morgan fingerprint density at radius 3 is 1.68 bits per heavy atom. The van der Waals surface area contributed by atoms with Crippen LogP contribution in [0.2, 0.25) is 0 Å². The Morgan fingerprint density at radius 2 is 1.26 bits per heavy atom. The van der Waals surface area contributed by atoms with E-state index in [0.717, 1.165) is 11.1 Å². The molecule has 0 aliphatic carbocycles. The van der Waals surface area contributed by atoms with E-state index in [1.807, 2.05) is 12.2 Å². The van der Waals surface area contributed by atoms with Gasteiger partial charge in [-0.25, -0.2) is 13.6 Å². The number of hydrogen-bond acceptors (Lipinski definition) is 3. The Hall–Kier alpha value is -2.11. The molecule has 0 saturated heterocycles. The summed E-state index contributed by atoms with van der Waals surface area (Å²) in [6.45, 7) is 0. The van der Waals surface area contributed by atoms with Crippen molar-refractivity contribution in [2.45, 2.75) is 4.90 Å². The Morgan fingerprint density at radius 1 is 0.842 bits per heavy atom. The molecule has 0 fully saturated rings. The fourth-order valence-corrected chi connectivity index (χ4v) is 2.06. The van der Waals surface area contributed by atoms with Gasteiger partial charge in [-0.05, 0) is 35.4 Å². The van der Waals surface area contributed by atoms with Crippen molar-refractivity contribution in [2.24, 2.45) is 5.14 Å². The Labute approximate surface area is 111 Å². The Bertz CT molecular complexity index is 686. The molecular weight excluding hydrogens is 262 g/mol. The van der Waals surface area contributed by atoms with Crippen LogP contribution in [-0.2, 0) is 10.0 Å². The molecule has 19 heavy (non-hydrogen) atoms. The predicted octanol–water partition coefficient (Wildman–Crippen LogP) is 2.21. The van der Waals surface area contributed by atoms with Gasteiger partial charge in [0.1, 0.15) is 5.75 Å². The minimum atomic E-state index is -3.64. The maximum Gasteiger partial charge on any atom is 0.238 e. The predicted molar refractivity (Wildman–Crippen MR) is 74.9 cm³/mol. The number of aromatic hydroxyl groups is 1. The van der Waals surface area contributed by atoms with E-state index in [9.17, 15) is 8.42 Å². The number of benzene rings is 2. The van der Waals surface area contributed by atoms with Gasteiger partial charge in [0, 0.05) is 0 Å². The number of phenols is 1. The zero-order chi connectivity index (χ0) is 13.9. The van der Waals surface area contributed by atoms with Crippen LogP contribution < -0.4 is 5.14 Å². The molecule has 0 amide bonds. The summed E-state index contributed by atoms with van der Waals surface area (Å²) >= 11 is 0. The first-order valence-corrected chi connectivity index (χ1v) is 7.10. The van der Waals surface area contributed by atoms with Crippen LogP contribution in [0.15, 0.2) is 53.4 Å². The van der Waals surface area contributed by atoms with Gasteiger partial charge >= 0.3 is 0 Å². The summed E-state index contributed by atoms with van der Waals surface area (Å²) in [4.78, 5) is 0.0919. The van der Waals surface area contributed by atoms with Crippen LogP contribution in [-0.4, -0.2) is 13.5 Å². The second-order valence-electron chi connectivity index (χ2n) is 4.04. The first-order valence-electron chi connectivity index (χ1n) is 5.55. The molecule has 0 heterocycles. The first kappa shape index (κ1) is 13.3. The quantitative estimate of drug-likeness (QED) is 0.843. The normalized spacial score (nSPS) is 11.8. The van der Waals surface area contributed by atoms with Crippen LogP contribution in [0.5, 0.6) is 5.75 Å². The smallest absolute Gasteiger partial charge is 0.238 e. The van der Waals surface area contributed by atoms with Gasteiger partial charge < -0.3 is 5.11 Å². The summed E-state index contributed by atoms with van der Waals surface area (Å²) in [6.07, 6.45) is 3.71. The van der Waals surface area contributed by atoms with Crippen LogP contribution in [0.25, 0.3) is 12.2 Å². The Kier molecular flexibility index (Phi) is 3.69. The first-order chi connectivity index (χ1) is 8.95. The van der Waals surface area contributed by atoms with Crippen molar-refractivity contribution >= 4 is 22.2 Å². The number of nitrogens with two attached hydrogens (primary N) is 1. The summed E-state index contributed by atoms with van der Waals surface area (Å²) in [6, 6.07) is 13.0. The fraction of sp³-hybridized carbons (Fsp3) is 0. The third-order valence-electron chi connectivity index (χ3n) is 2.57. The lowest BCUT2D eigenvalue weighted by molar-refractivity contribution is 0.475. The van der Waals surface area contributed by atoms with Crippen molar-refractivity contribution in [1.82, 2.24) is 0 Å². The largest absolute Gasteiger partial charge is 0.508 e. The molecule has 2 aromatic rings. The molecule has 0 aliphatic rings. The number of sulfonamides is 1. The van der Waals surface area contributed by atoms with E-state index >= 15 is 0 Å². The summed E-state index contributed by atoms with van der Waals surface area (Å²) in [5, 5.41) is 14.2. The lowest BCUT2D eigenvalue weighted by atomic mass is 10.1. The SMILES string of the molecule is NS(=O)(=O)c1ccc(/C=C/c2ccc(O)cc2)cc1. The van der Waals surface area contributed by atoms with Gasteiger partial charge in [0.15, 0.2) is 0 Å². The zero-order valence-corrected chi connectivity index (χ0v) is 10.8. The maximum atomic E-state index is 11.1. The third-order valence-corrected chi connectivity index (χ3v) is 3.50. The van der Waals surface area contributed by atoms with Gasteiger partial charge in [-0.15, -0.1) is 0 Å². The number of primary sulfonamides is 1. The van der Waals surface area contributed by atoms with Crippen LogP contribution in [0.4, 0.5) is 0 Å². The molecule has 5 heteroatoms. The van der Waals surface area contributed by atoms with Crippen LogP contribution >= 0.6 is 0 Å². The highest BCUT2D eigenvalue weighted by atomic mass is 32.2. The van der Waals surface area contributed by atoms with E-state index in [2.05, 4.69) is 0 Å². The molecule has 2 aromatic carbocycles. The molecular formula is C14H13NO3S. The van der Waals surface area contributed by atoms with Gasteiger partial charge in [-0.1, -0.05) is 36.4 Å². The summed E-state index contributed by atoms with van der Waals surface area (Å²) in [5.41, 5.74) is 1.80. The van der Waals surface area contributed by atoms with Crippen molar-refractivity contribution < 1.29 is 13.5 Å². The second-order valence-corrected chi connectivity index (χ2v) is 5.60. The van der Waals surface area contributed by atoms with Crippen molar-refractivity contribution in [2.75, 3.05) is 0 Å². The van der Waals surface area contributed by atoms with E-state index in [4.69, 9.17) is 10.2 Å². The van der Waals surface area contributed by atoms with Gasteiger partial charge in [0.2, 0.25) is 10.0 Å². The molecule has 0 spiro atoms. The van der Waals surface area contributed by atoms with E-state index in [1.54, 1.807) is 36.4 Å². The summed E-state index contributed by atoms with van der Waals surface area (Å²) < 4.78 is 22.2. The molecule has 0 saturated carbocycles. The molecule has 0 bridgehead atoms. The van der Waals surface area contributed by atoms with Crippen molar-refractivity contribution in [3.05, 3.63) is 59.7 Å². The van der Waals surface area contributed by atoms with E-state index in [1.165, 1.54) is 12.1 Å². The van der Waals surface area contributed by atoms with Gasteiger partial charge in [0.25, 0.3) is 0 Å². The van der Waals surface area contributed by atoms with Gasteiger partial charge in [-0.3, -0.25) is 0 Å². The van der Waals surface area contributed by atoms with Crippen LogP contribution in [0, 0.1) is 0 Å². The molecule has 0 unspecified atom stereocenters. The lowest BCUT2D eigenvalue weighted by Crippen LogP contribution is -2.11. The fourth-order valence-electron chi connectivity index (χ4n) is 1.55.